The molecule has 5 heteroatoms. The zero-order chi connectivity index (χ0) is 13.7. The highest BCUT2D eigenvalue weighted by Crippen LogP contribution is 2.07. The molecule has 19 heavy (non-hydrogen) atoms. The maximum absolute atomic E-state index is 11.3. The molecule has 1 atom stereocenters. The smallest absolute Gasteiger partial charge is 0.322 e. The maximum Gasteiger partial charge on any atom is 0.322 e. The van der Waals surface area contributed by atoms with Gasteiger partial charge in [0.1, 0.15) is 6.04 Å². The molecule has 1 aromatic carbocycles. The molecule has 0 amide bonds. The normalized spacial score (nSPS) is 12.1. The Hall–Kier alpha value is -2.14. The van der Waals surface area contributed by atoms with Crippen LogP contribution in [0.1, 0.15) is 12.5 Å². The lowest BCUT2D eigenvalue weighted by atomic mass is 10.3. The van der Waals surface area contributed by atoms with Gasteiger partial charge in [-0.3, -0.25) is 4.79 Å². The number of aromatic nitrogens is 2. The second-order valence-electron chi connectivity index (χ2n) is 4.25. The van der Waals surface area contributed by atoms with Crippen molar-refractivity contribution in [2.24, 2.45) is 0 Å². The molecule has 0 unspecified atom stereocenters. The van der Waals surface area contributed by atoms with Gasteiger partial charge in [-0.1, -0.05) is 18.2 Å². The predicted molar refractivity (Wildman–Crippen MR) is 71.9 cm³/mol. The van der Waals surface area contributed by atoms with Gasteiger partial charge in [-0.2, -0.15) is 5.10 Å². The SMILES string of the molecule is COC(=O)[C@H](C)NCc1cnn(-c2ccccc2)c1. The Bertz CT molecular complexity index is 537. The Kier molecular flexibility index (Phi) is 4.30. The van der Waals surface area contributed by atoms with E-state index >= 15 is 0 Å². The van der Waals surface area contributed by atoms with E-state index < -0.39 is 0 Å². The molecular weight excluding hydrogens is 242 g/mol. The highest BCUT2D eigenvalue weighted by Gasteiger charge is 2.12. The fourth-order valence-corrected chi connectivity index (χ4v) is 1.70. The summed E-state index contributed by atoms with van der Waals surface area (Å²) in [6.07, 6.45) is 3.72. The summed E-state index contributed by atoms with van der Waals surface area (Å²) in [5.41, 5.74) is 2.02. The number of hydrogen-bond acceptors (Lipinski definition) is 4. The van der Waals surface area contributed by atoms with Gasteiger partial charge in [-0.05, 0) is 19.1 Å². The van der Waals surface area contributed by atoms with Crippen LogP contribution in [-0.4, -0.2) is 28.9 Å². The molecule has 2 rings (SSSR count). The summed E-state index contributed by atoms with van der Waals surface area (Å²) in [6.45, 7) is 2.34. The van der Waals surface area contributed by atoms with E-state index in [2.05, 4.69) is 15.2 Å². The molecule has 0 fully saturated rings. The minimum atomic E-state index is -0.329. The van der Waals surface area contributed by atoms with Crippen LogP contribution in [0.4, 0.5) is 0 Å². The minimum Gasteiger partial charge on any atom is -0.468 e. The first-order valence-corrected chi connectivity index (χ1v) is 6.11. The number of carbonyl (C=O) groups excluding carboxylic acids is 1. The lowest BCUT2D eigenvalue weighted by Crippen LogP contribution is -2.34. The highest BCUT2D eigenvalue weighted by molar-refractivity contribution is 5.75. The standard InChI is InChI=1S/C14H17N3O2/c1-11(14(18)19-2)15-8-12-9-16-17(10-12)13-6-4-3-5-7-13/h3-7,9-11,15H,8H2,1-2H3/t11-/m0/s1. The van der Waals surface area contributed by atoms with Gasteiger partial charge in [0, 0.05) is 18.3 Å². The molecule has 1 heterocycles. The first-order valence-electron chi connectivity index (χ1n) is 6.11. The largest absolute Gasteiger partial charge is 0.468 e. The second kappa shape index (κ2) is 6.15. The van der Waals surface area contributed by atoms with Crippen molar-refractivity contribution in [2.75, 3.05) is 7.11 Å². The summed E-state index contributed by atoms with van der Waals surface area (Å²) in [5.74, 6) is -0.268. The van der Waals surface area contributed by atoms with Crippen molar-refractivity contribution in [3.8, 4) is 5.69 Å². The van der Waals surface area contributed by atoms with E-state index in [-0.39, 0.29) is 12.0 Å². The lowest BCUT2D eigenvalue weighted by Gasteiger charge is -2.09. The summed E-state index contributed by atoms with van der Waals surface area (Å²) < 4.78 is 6.46. The average molecular weight is 259 g/mol. The van der Waals surface area contributed by atoms with Crippen LogP contribution in [0.3, 0.4) is 0 Å². The maximum atomic E-state index is 11.3. The van der Waals surface area contributed by atoms with Crippen molar-refractivity contribution in [3.05, 3.63) is 48.3 Å². The second-order valence-corrected chi connectivity index (χ2v) is 4.25. The number of hydrogen-bond donors (Lipinski definition) is 1. The van der Waals surface area contributed by atoms with E-state index in [9.17, 15) is 4.79 Å². The zero-order valence-electron chi connectivity index (χ0n) is 11.0. The summed E-state index contributed by atoms with van der Waals surface area (Å²) >= 11 is 0. The molecule has 5 nitrogen and oxygen atoms in total. The molecule has 0 aliphatic carbocycles. The number of methoxy groups -OCH3 is 1. The number of carbonyl (C=O) groups is 1. The van der Waals surface area contributed by atoms with Gasteiger partial charge in [-0.25, -0.2) is 4.68 Å². The van der Waals surface area contributed by atoms with Crippen molar-refractivity contribution in [1.29, 1.82) is 0 Å². The van der Waals surface area contributed by atoms with Crippen LogP contribution in [0.15, 0.2) is 42.7 Å². The van der Waals surface area contributed by atoms with Crippen molar-refractivity contribution in [1.82, 2.24) is 15.1 Å². The number of nitrogens with zero attached hydrogens (tertiary/aromatic N) is 2. The third-order valence-electron chi connectivity index (χ3n) is 2.82. The molecule has 0 saturated carbocycles. The fourth-order valence-electron chi connectivity index (χ4n) is 1.70. The molecule has 0 aliphatic rings. The Labute approximate surface area is 112 Å². The highest BCUT2D eigenvalue weighted by atomic mass is 16.5. The van der Waals surface area contributed by atoms with Gasteiger partial charge in [0.15, 0.2) is 0 Å². The van der Waals surface area contributed by atoms with E-state index in [1.165, 1.54) is 7.11 Å². The third kappa shape index (κ3) is 3.42. The van der Waals surface area contributed by atoms with Gasteiger partial charge in [-0.15, -0.1) is 0 Å². The van der Waals surface area contributed by atoms with E-state index in [1.807, 2.05) is 36.5 Å². The third-order valence-corrected chi connectivity index (χ3v) is 2.82. The lowest BCUT2D eigenvalue weighted by molar-refractivity contribution is -0.142. The summed E-state index contributed by atoms with van der Waals surface area (Å²) in [6, 6.07) is 9.54. The van der Waals surface area contributed by atoms with Gasteiger partial charge < -0.3 is 10.1 Å². The number of nitrogens with one attached hydrogen (secondary N) is 1. The molecule has 0 saturated heterocycles. The van der Waals surface area contributed by atoms with E-state index in [0.29, 0.717) is 6.54 Å². The molecular formula is C14H17N3O2. The molecule has 1 aromatic heterocycles. The van der Waals surface area contributed by atoms with Crippen molar-refractivity contribution in [2.45, 2.75) is 19.5 Å². The van der Waals surface area contributed by atoms with Crippen LogP contribution >= 0.6 is 0 Å². The molecule has 0 bridgehead atoms. The van der Waals surface area contributed by atoms with Crippen molar-refractivity contribution >= 4 is 5.97 Å². The molecule has 0 aliphatic heterocycles. The first-order chi connectivity index (χ1) is 9.20. The van der Waals surface area contributed by atoms with E-state index in [1.54, 1.807) is 17.8 Å². The van der Waals surface area contributed by atoms with Crippen LogP contribution in [-0.2, 0) is 16.1 Å². The minimum absolute atomic E-state index is 0.268. The van der Waals surface area contributed by atoms with Gasteiger partial charge in [0.25, 0.3) is 0 Å². The molecule has 0 radical (unpaired) electrons. The zero-order valence-corrected chi connectivity index (χ0v) is 11.0. The van der Waals surface area contributed by atoms with Crippen molar-refractivity contribution < 1.29 is 9.53 Å². The Morgan fingerprint density at radius 3 is 2.84 bits per heavy atom. The molecule has 1 N–H and O–H groups in total. The van der Waals surface area contributed by atoms with Gasteiger partial charge >= 0.3 is 5.97 Å². The van der Waals surface area contributed by atoms with Crippen LogP contribution in [0.2, 0.25) is 0 Å². The van der Waals surface area contributed by atoms with E-state index in [0.717, 1.165) is 11.3 Å². The van der Waals surface area contributed by atoms with Crippen LogP contribution < -0.4 is 5.32 Å². The molecule has 2 aromatic rings. The quantitative estimate of drug-likeness (QED) is 0.827. The first kappa shape index (κ1) is 13.3. The number of benzene rings is 1. The monoisotopic (exact) mass is 259 g/mol. The Morgan fingerprint density at radius 1 is 1.42 bits per heavy atom. The average Bonchev–Trinajstić information content (AvgIpc) is 2.93. The fraction of sp³-hybridized carbons (Fsp3) is 0.286. The summed E-state index contributed by atoms with van der Waals surface area (Å²) in [4.78, 5) is 11.3. The summed E-state index contributed by atoms with van der Waals surface area (Å²) in [7, 11) is 1.38. The number of rotatable bonds is 5. The molecule has 100 valence electrons. The van der Waals surface area contributed by atoms with Crippen LogP contribution in [0.25, 0.3) is 5.69 Å². The predicted octanol–water partition coefficient (Wildman–Crippen LogP) is 1.52. The topological polar surface area (TPSA) is 56.1 Å². The number of ether oxygens (including phenoxy) is 1. The van der Waals surface area contributed by atoms with Crippen molar-refractivity contribution in [3.63, 3.8) is 0 Å². The van der Waals surface area contributed by atoms with Crippen LogP contribution in [0.5, 0.6) is 0 Å². The number of para-hydroxylation sites is 1. The Balaban J connectivity index is 1.97. The number of esters is 1. The molecule has 0 spiro atoms. The van der Waals surface area contributed by atoms with Crippen LogP contribution in [0, 0.1) is 0 Å². The van der Waals surface area contributed by atoms with Gasteiger partial charge in [0.05, 0.1) is 19.0 Å². The summed E-state index contributed by atoms with van der Waals surface area (Å²) in [5, 5.41) is 7.38. The van der Waals surface area contributed by atoms with E-state index in [4.69, 9.17) is 0 Å². The van der Waals surface area contributed by atoms with Gasteiger partial charge in [0.2, 0.25) is 0 Å². The Morgan fingerprint density at radius 2 is 2.16 bits per heavy atom.